The second-order valence-corrected chi connectivity index (χ2v) is 7.15. The van der Waals surface area contributed by atoms with Crippen LogP contribution in [0, 0.1) is 13.8 Å². The van der Waals surface area contributed by atoms with Crippen molar-refractivity contribution in [3.63, 3.8) is 0 Å². The van der Waals surface area contributed by atoms with Crippen molar-refractivity contribution in [3.05, 3.63) is 52.9 Å². The Bertz CT molecular complexity index is 715. The van der Waals surface area contributed by atoms with Crippen molar-refractivity contribution in [3.8, 4) is 0 Å². The summed E-state index contributed by atoms with van der Waals surface area (Å²) in [5, 5.41) is 7.15. The summed E-state index contributed by atoms with van der Waals surface area (Å²) in [5.74, 6) is 0.773. The average molecular weight is 341 g/mol. The third-order valence-electron chi connectivity index (χ3n) is 5.27. The van der Waals surface area contributed by atoms with E-state index in [1.54, 1.807) is 4.90 Å². The average Bonchev–Trinajstić information content (AvgIpc) is 3.33. The summed E-state index contributed by atoms with van der Waals surface area (Å²) in [7, 11) is 1.87. The van der Waals surface area contributed by atoms with Gasteiger partial charge >= 0.3 is 6.03 Å². The smallest absolute Gasteiger partial charge is 0.317 e. The molecular formula is C20H27N3O2. The van der Waals surface area contributed by atoms with Crippen molar-refractivity contribution in [2.75, 3.05) is 13.6 Å². The second-order valence-electron chi connectivity index (χ2n) is 7.15. The van der Waals surface area contributed by atoms with Gasteiger partial charge in [-0.2, -0.15) is 0 Å². The van der Waals surface area contributed by atoms with Gasteiger partial charge in [0.15, 0.2) is 0 Å². The van der Waals surface area contributed by atoms with Crippen LogP contribution in [-0.4, -0.2) is 29.7 Å². The van der Waals surface area contributed by atoms with E-state index in [1.807, 2.05) is 27.0 Å². The molecule has 1 aromatic carbocycles. The van der Waals surface area contributed by atoms with Gasteiger partial charge in [-0.1, -0.05) is 42.4 Å². The van der Waals surface area contributed by atoms with Crippen LogP contribution in [0.1, 0.15) is 54.8 Å². The van der Waals surface area contributed by atoms with E-state index in [9.17, 15) is 4.79 Å². The van der Waals surface area contributed by atoms with Crippen molar-refractivity contribution < 1.29 is 9.32 Å². The van der Waals surface area contributed by atoms with E-state index >= 15 is 0 Å². The van der Waals surface area contributed by atoms with E-state index in [-0.39, 0.29) is 17.5 Å². The summed E-state index contributed by atoms with van der Waals surface area (Å²) >= 11 is 0. The van der Waals surface area contributed by atoms with Crippen LogP contribution >= 0.6 is 0 Å². The number of urea groups is 1. The minimum absolute atomic E-state index is 0.0472. The summed E-state index contributed by atoms with van der Waals surface area (Å²) in [6.45, 7) is 6.60. The fourth-order valence-corrected chi connectivity index (χ4v) is 3.63. The van der Waals surface area contributed by atoms with Crippen molar-refractivity contribution in [2.45, 2.75) is 51.5 Å². The van der Waals surface area contributed by atoms with Crippen LogP contribution in [0.4, 0.5) is 4.79 Å². The normalized spacial score (nSPS) is 16.3. The zero-order valence-electron chi connectivity index (χ0n) is 15.5. The zero-order valence-corrected chi connectivity index (χ0v) is 15.5. The van der Waals surface area contributed by atoms with E-state index in [2.05, 4.69) is 41.7 Å². The molecule has 1 aromatic heterocycles. The molecule has 1 heterocycles. The molecule has 5 heteroatoms. The number of rotatable bonds is 6. The fraction of sp³-hybridized carbons (Fsp3) is 0.500. The molecule has 25 heavy (non-hydrogen) atoms. The Kier molecular flexibility index (Phi) is 4.84. The number of carbonyl (C=O) groups is 1. The highest BCUT2D eigenvalue weighted by molar-refractivity contribution is 5.74. The lowest BCUT2D eigenvalue weighted by Gasteiger charge is -2.27. The van der Waals surface area contributed by atoms with E-state index in [0.717, 1.165) is 42.8 Å². The Morgan fingerprint density at radius 1 is 1.32 bits per heavy atom. The van der Waals surface area contributed by atoms with E-state index in [1.165, 1.54) is 5.56 Å². The van der Waals surface area contributed by atoms with Crippen LogP contribution in [0.3, 0.4) is 0 Å². The molecule has 1 saturated carbocycles. The summed E-state index contributed by atoms with van der Waals surface area (Å²) < 4.78 is 5.25. The Morgan fingerprint density at radius 2 is 2.00 bits per heavy atom. The van der Waals surface area contributed by atoms with Crippen LogP contribution in [0.5, 0.6) is 0 Å². The standard InChI is InChI=1S/C20H27N3O2/c1-5-17(18-14(2)22-25-15(18)3)21-19(24)23(4)13-20(11-12-20)16-9-7-6-8-10-16/h6-10,17H,5,11-13H2,1-4H3,(H,21,24). The topological polar surface area (TPSA) is 58.4 Å². The number of hydrogen-bond acceptors (Lipinski definition) is 3. The molecule has 0 bridgehead atoms. The van der Waals surface area contributed by atoms with E-state index < -0.39 is 0 Å². The maximum absolute atomic E-state index is 12.7. The molecule has 1 aliphatic rings. The highest BCUT2D eigenvalue weighted by Crippen LogP contribution is 2.48. The molecule has 3 rings (SSSR count). The monoisotopic (exact) mass is 341 g/mol. The van der Waals surface area contributed by atoms with Crippen LogP contribution in [0.15, 0.2) is 34.9 Å². The number of aromatic nitrogens is 1. The molecule has 1 atom stereocenters. The van der Waals surface area contributed by atoms with Crippen molar-refractivity contribution >= 4 is 6.03 Å². The number of nitrogens with one attached hydrogen (secondary N) is 1. The van der Waals surface area contributed by atoms with Gasteiger partial charge in [-0.3, -0.25) is 0 Å². The molecule has 2 aromatic rings. The zero-order chi connectivity index (χ0) is 18.0. The van der Waals surface area contributed by atoms with Crippen LogP contribution in [0.25, 0.3) is 0 Å². The van der Waals surface area contributed by atoms with E-state index in [4.69, 9.17) is 4.52 Å². The van der Waals surface area contributed by atoms with Gasteiger partial charge in [-0.15, -0.1) is 0 Å². The van der Waals surface area contributed by atoms with Gasteiger partial charge in [-0.05, 0) is 38.7 Å². The molecule has 134 valence electrons. The number of nitrogens with zero attached hydrogens (tertiary/aromatic N) is 2. The quantitative estimate of drug-likeness (QED) is 0.860. The maximum Gasteiger partial charge on any atom is 0.317 e. The minimum atomic E-state index is -0.0759. The SMILES string of the molecule is CCC(NC(=O)N(C)CC1(c2ccccc2)CC1)c1c(C)noc1C. The fourth-order valence-electron chi connectivity index (χ4n) is 3.63. The molecule has 1 fully saturated rings. The predicted molar refractivity (Wildman–Crippen MR) is 97.5 cm³/mol. The Morgan fingerprint density at radius 3 is 2.52 bits per heavy atom. The number of likely N-dealkylation sites (N-methyl/N-ethyl adjacent to an activating group) is 1. The number of benzene rings is 1. The largest absolute Gasteiger partial charge is 0.361 e. The van der Waals surface area contributed by atoms with Crippen LogP contribution in [0.2, 0.25) is 0 Å². The van der Waals surface area contributed by atoms with Gasteiger partial charge in [0.2, 0.25) is 0 Å². The molecule has 0 radical (unpaired) electrons. The highest BCUT2D eigenvalue weighted by atomic mass is 16.5. The number of hydrogen-bond donors (Lipinski definition) is 1. The molecule has 0 aliphatic heterocycles. The van der Waals surface area contributed by atoms with Crippen LogP contribution in [-0.2, 0) is 5.41 Å². The molecule has 5 nitrogen and oxygen atoms in total. The second kappa shape index (κ2) is 6.90. The third kappa shape index (κ3) is 3.55. The first-order valence-corrected chi connectivity index (χ1v) is 8.97. The number of carbonyl (C=O) groups excluding carboxylic acids is 1. The Labute approximate surface area is 149 Å². The van der Waals surface area contributed by atoms with Crippen molar-refractivity contribution in [1.29, 1.82) is 0 Å². The van der Waals surface area contributed by atoms with Crippen molar-refractivity contribution in [1.82, 2.24) is 15.4 Å². The maximum atomic E-state index is 12.7. The summed E-state index contributed by atoms with van der Waals surface area (Å²) in [5.41, 5.74) is 3.29. The molecule has 1 N–H and O–H groups in total. The molecule has 1 unspecified atom stereocenters. The summed E-state index contributed by atoms with van der Waals surface area (Å²) in [6, 6.07) is 10.4. The summed E-state index contributed by atoms with van der Waals surface area (Å²) in [4.78, 5) is 14.5. The van der Waals surface area contributed by atoms with Gasteiger partial charge in [-0.25, -0.2) is 4.79 Å². The Hall–Kier alpha value is -2.30. The van der Waals surface area contributed by atoms with Crippen molar-refractivity contribution in [2.24, 2.45) is 0 Å². The Balaban J connectivity index is 1.67. The van der Waals surface area contributed by atoms with Gasteiger partial charge in [0, 0.05) is 24.6 Å². The lowest BCUT2D eigenvalue weighted by molar-refractivity contribution is 0.199. The van der Waals surface area contributed by atoms with Gasteiger partial charge in [0.25, 0.3) is 0 Å². The molecule has 1 aliphatic carbocycles. The lowest BCUT2D eigenvalue weighted by Crippen LogP contribution is -2.42. The van der Waals surface area contributed by atoms with Crippen LogP contribution < -0.4 is 5.32 Å². The third-order valence-corrected chi connectivity index (χ3v) is 5.27. The molecule has 2 amide bonds. The predicted octanol–water partition coefficient (Wildman–Crippen LogP) is 4.12. The molecule has 0 saturated heterocycles. The van der Waals surface area contributed by atoms with Gasteiger partial charge in [0.05, 0.1) is 11.7 Å². The molecule has 0 spiro atoms. The van der Waals surface area contributed by atoms with Gasteiger partial charge < -0.3 is 14.7 Å². The minimum Gasteiger partial charge on any atom is -0.361 e. The van der Waals surface area contributed by atoms with E-state index in [0.29, 0.717) is 0 Å². The molecular weight excluding hydrogens is 314 g/mol. The van der Waals surface area contributed by atoms with Gasteiger partial charge in [0.1, 0.15) is 5.76 Å². The lowest BCUT2D eigenvalue weighted by atomic mass is 9.95. The first-order chi connectivity index (χ1) is 12.0. The first-order valence-electron chi connectivity index (χ1n) is 8.97. The summed E-state index contributed by atoms with van der Waals surface area (Å²) in [6.07, 6.45) is 3.07. The number of amides is 2. The highest BCUT2D eigenvalue weighted by Gasteiger charge is 2.45. The number of aryl methyl sites for hydroxylation is 2. The first kappa shape index (κ1) is 17.5.